The van der Waals surface area contributed by atoms with Gasteiger partial charge in [-0.25, -0.2) is 0 Å². The third-order valence-corrected chi connectivity index (χ3v) is 2.03. The molecule has 0 aliphatic carbocycles. The first-order chi connectivity index (χ1) is 6.67. The standard InChI is InChI=1S/C8H17N3O3/c1-2-3-4-7(13)8(14)6(5-12)10-11-9/h6-8,12-14H,2-5H2,1H3/t6-,7-,8+/m1/s1. The molecule has 0 unspecified atom stereocenters. The highest BCUT2D eigenvalue weighted by atomic mass is 16.3. The van der Waals surface area contributed by atoms with Crippen molar-refractivity contribution in [2.75, 3.05) is 6.61 Å². The summed E-state index contributed by atoms with van der Waals surface area (Å²) >= 11 is 0. The smallest absolute Gasteiger partial charge is 0.0905 e. The van der Waals surface area contributed by atoms with Crippen LogP contribution in [0.5, 0.6) is 0 Å². The molecule has 3 atom stereocenters. The first kappa shape index (κ1) is 13.2. The lowest BCUT2D eigenvalue weighted by atomic mass is 10.0. The fraction of sp³-hybridized carbons (Fsp3) is 1.00. The van der Waals surface area contributed by atoms with Gasteiger partial charge >= 0.3 is 0 Å². The van der Waals surface area contributed by atoms with Crippen LogP contribution in [0.2, 0.25) is 0 Å². The van der Waals surface area contributed by atoms with Crippen LogP contribution in [0.25, 0.3) is 10.4 Å². The van der Waals surface area contributed by atoms with E-state index in [1.165, 1.54) is 0 Å². The van der Waals surface area contributed by atoms with Gasteiger partial charge in [0.2, 0.25) is 0 Å². The maximum atomic E-state index is 9.46. The molecule has 0 aromatic rings. The van der Waals surface area contributed by atoms with Crippen LogP contribution in [0.15, 0.2) is 5.11 Å². The van der Waals surface area contributed by atoms with Crippen molar-refractivity contribution in [3.05, 3.63) is 10.4 Å². The van der Waals surface area contributed by atoms with Crippen LogP contribution in [-0.4, -0.2) is 40.2 Å². The minimum absolute atomic E-state index is 0.440. The molecule has 0 rings (SSSR count). The van der Waals surface area contributed by atoms with Gasteiger partial charge in [-0.15, -0.1) is 0 Å². The Morgan fingerprint density at radius 2 is 2.07 bits per heavy atom. The number of unbranched alkanes of at least 4 members (excludes halogenated alkanes) is 1. The summed E-state index contributed by atoms with van der Waals surface area (Å²) in [4.78, 5) is 2.48. The van der Waals surface area contributed by atoms with Crippen molar-refractivity contribution in [2.24, 2.45) is 5.11 Å². The Morgan fingerprint density at radius 3 is 2.50 bits per heavy atom. The van der Waals surface area contributed by atoms with Gasteiger partial charge in [0, 0.05) is 4.91 Å². The van der Waals surface area contributed by atoms with Crippen molar-refractivity contribution < 1.29 is 15.3 Å². The lowest BCUT2D eigenvalue weighted by Gasteiger charge is -2.21. The molecule has 0 aromatic heterocycles. The van der Waals surface area contributed by atoms with Gasteiger partial charge in [0.15, 0.2) is 0 Å². The summed E-state index contributed by atoms with van der Waals surface area (Å²) in [5, 5.41) is 30.9. The van der Waals surface area contributed by atoms with Crippen LogP contribution >= 0.6 is 0 Å². The van der Waals surface area contributed by atoms with Crippen molar-refractivity contribution in [3.63, 3.8) is 0 Å². The van der Waals surface area contributed by atoms with E-state index < -0.39 is 24.9 Å². The molecule has 3 N–H and O–H groups in total. The number of rotatable bonds is 7. The molecule has 14 heavy (non-hydrogen) atoms. The minimum atomic E-state index is -1.19. The molecule has 0 spiro atoms. The molecular weight excluding hydrogens is 186 g/mol. The fourth-order valence-electron chi connectivity index (χ4n) is 1.12. The monoisotopic (exact) mass is 203 g/mol. The zero-order valence-corrected chi connectivity index (χ0v) is 8.24. The van der Waals surface area contributed by atoms with E-state index in [-0.39, 0.29) is 0 Å². The second-order valence-electron chi connectivity index (χ2n) is 3.16. The number of aliphatic hydroxyl groups is 3. The molecule has 0 aliphatic heterocycles. The molecule has 0 aliphatic rings. The van der Waals surface area contributed by atoms with E-state index in [1.54, 1.807) is 0 Å². The number of azide groups is 1. The molecule has 6 nitrogen and oxygen atoms in total. The highest BCUT2D eigenvalue weighted by molar-refractivity contribution is 4.81. The van der Waals surface area contributed by atoms with E-state index >= 15 is 0 Å². The van der Waals surface area contributed by atoms with Crippen molar-refractivity contribution >= 4 is 0 Å². The highest BCUT2D eigenvalue weighted by Gasteiger charge is 2.24. The summed E-state index contributed by atoms with van der Waals surface area (Å²) in [6.45, 7) is 1.50. The third kappa shape index (κ3) is 4.43. The first-order valence-electron chi connectivity index (χ1n) is 4.68. The molecule has 82 valence electrons. The average Bonchev–Trinajstić information content (AvgIpc) is 2.21. The molecule has 0 saturated carbocycles. The van der Waals surface area contributed by atoms with Gasteiger partial charge in [-0.05, 0) is 12.0 Å². The third-order valence-electron chi connectivity index (χ3n) is 2.03. The van der Waals surface area contributed by atoms with E-state index in [2.05, 4.69) is 10.0 Å². The highest BCUT2D eigenvalue weighted by Crippen LogP contribution is 2.10. The molecule has 0 radical (unpaired) electrons. The maximum Gasteiger partial charge on any atom is 0.0905 e. The SMILES string of the molecule is CCCC[C@@H](O)[C@@H](O)[C@@H](CO)N=[N+]=[N-]. The van der Waals surface area contributed by atoms with E-state index in [1.807, 2.05) is 6.92 Å². The number of hydrogen-bond donors (Lipinski definition) is 3. The van der Waals surface area contributed by atoms with Crippen LogP contribution < -0.4 is 0 Å². The van der Waals surface area contributed by atoms with E-state index in [0.29, 0.717) is 6.42 Å². The molecule has 0 bridgehead atoms. The summed E-state index contributed by atoms with van der Waals surface area (Å²) in [6.07, 6.45) is -0.00308. The molecule has 0 heterocycles. The molecular formula is C8H17N3O3. The van der Waals surface area contributed by atoms with Gasteiger partial charge in [0.05, 0.1) is 24.9 Å². The zero-order valence-electron chi connectivity index (χ0n) is 8.24. The molecule has 6 heteroatoms. The Balaban J connectivity index is 4.11. The Morgan fingerprint density at radius 1 is 1.43 bits per heavy atom. The average molecular weight is 203 g/mol. The van der Waals surface area contributed by atoms with Gasteiger partial charge in [-0.3, -0.25) is 0 Å². The van der Waals surface area contributed by atoms with Gasteiger partial charge in [0.25, 0.3) is 0 Å². The van der Waals surface area contributed by atoms with E-state index in [4.69, 9.17) is 10.6 Å². The predicted molar refractivity (Wildman–Crippen MR) is 51.6 cm³/mol. The first-order valence-corrected chi connectivity index (χ1v) is 4.68. The normalized spacial score (nSPS) is 16.9. The van der Waals surface area contributed by atoms with Crippen LogP contribution in [0, 0.1) is 0 Å². The van der Waals surface area contributed by atoms with Crippen LogP contribution in [-0.2, 0) is 0 Å². The lowest BCUT2D eigenvalue weighted by Crippen LogP contribution is -2.38. The Hall–Kier alpha value is -0.810. The summed E-state index contributed by atoms with van der Waals surface area (Å²) in [6, 6.07) is -0.966. The van der Waals surface area contributed by atoms with Crippen LogP contribution in [0.4, 0.5) is 0 Å². The van der Waals surface area contributed by atoms with E-state index in [0.717, 1.165) is 12.8 Å². The van der Waals surface area contributed by atoms with Crippen LogP contribution in [0.1, 0.15) is 26.2 Å². The van der Waals surface area contributed by atoms with Gasteiger partial charge in [-0.2, -0.15) is 0 Å². The zero-order chi connectivity index (χ0) is 11.0. The molecule has 0 amide bonds. The second-order valence-corrected chi connectivity index (χ2v) is 3.16. The Bertz CT molecular complexity index is 194. The number of hydrogen-bond acceptors (Lipinski definition) is 4. The van der Waals surface area contributed by atoms with Crippen molar-refractivity contribution in [3.8, 4) is 0 Å². The largest absolute Gasteiger partial charge is 0.396 e. The van der Waals surface area contributed by atoms with Gasteiger partial charge < -0.3 is 15.3 Å². The number of nitrogens with zero attached hydrogens (tertiary/aromatic N) is 3. The molecule has 0 saturated heterocycles. The summed E-state index contributed by atoms with van der Waals surface area (Å²) < 4.78 is 0. The van der Waals surface area contributed by atoms with Crippen molar-refractivity contribution in [1.82, 2.24) is 0 Å². The second kappa shape index (κ2) is 7.58. The van der Waals surface area contributed by atoms with Crippen molar-refractivity contribution in [1.29, 1.82) is 0 Å². The minimum Gasteiger partial charge on any atom is -0.396 e. The van der Waals surface area contributed by atoms with Crippen LogP contribution in [0.3, 0.4) is 0 Å². The summed E-state index contributed by atoms with van der Waals surface area (Å²) in [7, 11) is 0. The Labute approximate surface area is 82.8 Å². The molecule has 0 aromatic carbocycles. The van der Waals surface area contributed by atoms with E-state index in [9.17, 15) is 10.2 Å². The van der Waals surface area contributed by atoms with Crippen molar-refractivity contribution in [2.45, 2.75) is 44.4 Å². The maximum absolute atomic E-state index is 9.46. The molecule has 0 fully saturated rings. The quantitative estimate of drug-likeness (QED) is 0.319. The fourth-order valence-corrected chi connectivity index (χ4v) is 1.12. The summed E-state index contributed by atoms with van der Waals surface area (Å²) in [5.74, 6) is 0. The summed E-state index contributed by atoms with van der Waals surface area (Å²) in [5.41, 5.74) is 8.13. The van der Waals surface area contributed by atoms with Gasteiger partial charge in [0.1, 0.15) is 0 Å². The predicted octanol–water partition coefficient (Wildman–Crippen LogP) is 0.570. The lowest BCUT2D eigenvalue weighted by molar-refractivity contribution is -0.0118. The van der Waals surface area contributed by atoms with Gasteiger partial charge in [-0.1, -0.05) is 24.9 Å². The number of aliphatic hydroxyl groups excluding tert-OH is 3. The Kier molecular flexibility index (Phi) is 7.14. The topological polar surface area (TPSA) is 109 Å².